The van der Waals surface area contributed by atoms with E-state index in [2.05, 4.69) is 18.4 Å². The van der Waals surface area contributed by atoms with E-state index < -0.39 is 5.63 Å². The lowest BCUT2D eigenvalue weighted by Crippen LogP contribution is -2.25. The van der Waals surface area contributed by atoms with E-state index in [1.165, 1.54) is 6.07 Å². The van der Waals surface area contributed by atoms with Gasteiger partial charge in [-0.1, -0.05) is 26.0 Å². The molecule has 22 heavy (non-hydrogen) atoms. The molecule has 2 aromatic rings. The van der Waals surface area contributed by atoms with E-state index in [-0.39, 0.29) is 5.75 Å². The summed E-state index contributed by atoms with van der Waals surface area (Å²) in [5, 5.41) is 10.8. The second-order valence-electron chi connectivity index (χ2n) is 5.68. The largest absolute Gasteiger partial charge is 0.508 e. The lowest BCUT2D eigenvalue weighted by molar-refractivity contribution is 0.305. The zero-order chi connectivity index (χ0) is 16.3. The Bertz CT molecular complexity index is 746. The molecule has 0 saturated carbocycles. The standard InChI is InChI=1S/C18H23NO3/c1-5-13-7-15-14(11-19(6-2)10-12(3)4)8-18(21)22-17(15)9-16(13)20/h7-9,20H,3,5-6,10-11H2,1-2,4H3. The Morgan fingerprint density at radius 1 is 1.27 bits per heavy atom. The number of fused-ring (bicyclic) bond motifs is 1. The van der Waals surface area contributed by atoms with Crippen LogP contribution in [0.2, 0.25) is 0 Å². The quantitative estimate of drug-likeness (QED) is 0.656. The lowest BCUT2D eigenvalue weighted by atomic mass is 10.0. The summed E-state index contributed by atoms with van der Waals surface area (Å²) in [4.78, 5) is 14.0. The smallest absolute Gasteiger partial charge is 0.336 e. The maximum absolute atomic E-state index is 11.8. The molecule has 4 nitrogen and oxygen atoms in total. The Kier molecular flexibility index (Phi) is 5.03. The molecule has 1 aromatic heterocycles. The van der Waals surface area contributed by atoms with Crippen molar-refractivity contribution in [2.45, 2.75) is 33.7 Å². The fourth-order valence-electron chi connectivity index (χ4n) is 2.62. The third kappa shape index (κ3) is 3.57. The number of phenolic OH excluding ortho intramolecular Hbond substituents is 1. The van der Waals surface area contributed by atoms with Crippen LogP contribution in [0.5, 0.6) is 5.75 Å². The minimum absolute atomic E-state index is 0.171. The molecule has 2 rings (SSSR count). The predicted octanol–water partition coefficient (Wildman–Crippen LogP) is 3.46. The predicted molar refractivity (Wildman–Crippen MR) is 89.3 cm³/mol. The van der Waals surface area contributed by atoms with E-state index in [0.29, 0.717) is 12.1 Å². The van der Waals surface area contributed by atoms with Crippen LogP contribution in [0.3, 0.4) is 0 Å². The van der Waals surface area contributed by atoms with Crippen LogP contribution in [0.1, 0.15) is 31.9 Å². The number of hydrogen-bond acceptors (Lipinski definition) is 4. The van der Waals surface area contributed by atoms with Crippen LogP contribution in [0.15, 0.2) is 39.6 Å². The average Bonchev–Trinajstić information content (AvgIpc) is 2.45. The van der Waals surface area contributed by atoms with Crippen LogP contribution in [-0.4, -0.2) is 23.1 Å². The highest BCUT2D eigenvalue weighted by molar-refractivity contribution is 5.82. The van der Waals surface area contributed by atoms with Crippen molar-refractivity contribution in [1.82, 2.24) is 4.90 Å². The Morgan fingerprint density at radius 2 is 2.00 bits per heavy atom. The van der Waals surface area contributed by atoms with Crippen LogP contribution in [0, 0.1) is 0 Å². The van der Waals surface area contributed by atoms with Crippen molar-refractivity contribution in [3.63, 3.8) is 0 Å². The molecule has 0 aliphatic rings. The maximum Gasteiger partial charge on any atom is 0.336 e. The molecule has 0 aliphatic carbocycles. The summed E-state index contributed by atoms with van der Waals surface area (Å²) in [6.45, 7) is 12.3. The molecule has 0 atom stereocenters. The van der Waals surface area contributed by atoms with Gasteiger partial charge in [-0.05, 0) is 37.1 Å². The van der Waals surface area contributed by atoms with Gasteiger partial charge in [-0.15, -0.1) is 0 Å². The monoisotopic (exact) mass is 301 g/mol. The summed E-state index contributed by atoms with van der Waals surface area (Å²) in [6, 6.07) is 4.99. The van der Waals surface area contributed by atoms with Crippen molar-refractivity contribution in [3.05, 3.63) is 51.9 Å². The van der Waals surface area contributed by atoms with Crippen molar-refractivity contribution in [2.75, 3.05) is 13.1 Å². The molecule has 0 bridgehead atoms. The minimum atomic E-state index is -0.391. The SMILES string of the molecule is C=C(C)CN(CC)Cc1cc(=O)oc2cc(O)c(CC)cc12. The summed E-state index contributed by atoms with van der Waals surface area (Å²) >= 11 is 0. The van der Waals surface area contributed by atoms with Gasteiger partial charge in [0.2, 0.25) is 0 Å². The number of rotatable bonds is 6. The maximum atomic E-state index is 11.8. The second kappa shape index (κ2) is 6.79. The van der Waals surface area contributed by atoms with Crippen LogP contribution in [0.4, 0.5) is 0 Å². The fraction of sp³-hybridized carbons (Fsp3) is 0.389. The van der Waals surface area contributed by atoms with Gasteiger partial charge in [0.15, 0.2) is 0 Å². The van der Waals surface area contributed by atoms with E-state index in [1.54, 1.807) is 6.07 Å². The van der Waals surface area contributed by atoms with E-state index in [1.807, 2.05) is 19.9 Å². The van der Waals surface area contributed by atoms with Crippen LogP contribution in [-0.2, 0) is 13.0 Å². The first-order valence-corrected chi connectivity index (χ1v) is 7.60. The molecule has 118 valence electrons. The van der Waals surface area contributed by atoms with Gasteiger partial charge in [-0.2, -0.15) is 0 Å². The van der Waals surface area contributed by atoms with Crippen molar-refractivity contribution < 1.29 is 9.52 Å². The van der Waals surface area contributed by atoms with Crippen LogP contribution >= 0.6 is 0 Å². The minimum Gasteiger partial charge on any atom is -0.508 e. The van der Waals surface area contributed by atoms with Crippen LogP contribution < -0.4 is 5.63 Å². The fourth-order valence-corrected chi connectivity index (χ4v) is 2.62. The van der Waals surface area contributed by atoms with Gasteiger partial charge in [0.25, 0.3) is 0 Å². The first kappa shape index (κ1) is 16.3. The second-order valence-corrected chi connectivity index (χ2v) is 5.68. The summed E-state index contributed by atoms with van der Waals surface area (Å²) in [6.07, 6.45) is 0.726. The van der Waals surface area contributed by atoms with E-state index in [4.69, 9.17) is 4.42 Å². The lowest BCUT2D eigenvalue weighted by Gasteiger charge is -2.21. The van der Waals surface area contributed by atoms with Crippen molar-refractivity contribution >= 4 is 11.0 Å². The van der Waals surface area contributed by atoms with Gasteiger partial charge >= 0.3 is 5.63 Å². The third-order valence-electron chi connectivity index (χ3n) is 3.75. The molecular weight excluding hydrogens is 278 g/mol. The molecule has 0 aliphatic heterocycles. The molecule has 0 unspecified atom stereocenters. The van der Waals surface area contributed by atoms with Crippen LogP contribution in [0.25, 0.3) is 11.0 Å². The van der Waals surface area contributed by atoms with Gasteiger partial charge in [0.1, 0.15) is 11.3 Å². The topological polar surface area (TPSA) is 53.7 Å². The van der Waals surface area contributed by atoms with E-state index >= 15 is 0 Å². The van der Waals surface area contributed by atoms with E-state index in [9.17, 15) is 9.90 Å². The molecule has 1 heterocycles. The Hall–Kier alpha value is -2.07. The normalized spacial score (nSPS) is 11.3. The number of aromatic hydroxyl groups is 1. The summed E-state index contributed by atoms with van der Waals surface area (Å²) < 4.78 is 5.23. The molecular formula is C18H23NO3. The molecule has 0 saturated heterocycles. The van der Waals surface area contributed by atoms with Crippen molar-refractivity contribution in [3.8, 4) is 5.75 Å². The summed E-state index contributed by atoms with van der Waals surface area (Å²) in [5.41, 5.74) is 2.90. The average molecular weight is 301 g/mol. The first-order chi connectivity index (χ1) is 10.4. The summed E-state index contributed by atoms with van der Waals surface area (Å²) in [5.74, 6) is 0.171. The molecule has 0 radical (unpaired) electrons. The molecule has 0 amide bonds. The number of nitrogens with zero attached hydrogens (tertiary/aromatic N) is 1. The first-order valence-electron chi connectivity index (χ1n) is 7.60. The van der Waals surface area contributed by atoms with Crippen molar-refractivity contribution in [2.24, 2.45) is 0 Å². The highest BCUT2D eigenvalue weighted by Crippen LogP contribution is 2.27. The molecule has 1 aromatic carbocycles. The molecule has 4 heteroatoms. The zero-order valence-electron chi connectivity index (χ0n) is 13.5. The molecule has 1 N–H and O–H groups in total. The van der Waals surface area contributed by atoms with Gasteiger partial charge in [-0.25, -0.2) is 4.79 Å². The highest BCUT2D eigenvalue weighted by atomic mass is 16.4. The Labute approximate surface area is 130 Å². The zero-order valence-corrected chi connectivity index (χ0v) is 13.5. The highest BCUT2D eigenvalue weighted by Gasteiger charge is 2.12. The van der Waals surface area contributed by atoms with Gasteiger partial charge in [0, 0.05) is 30.6 Å². The molecule has 0 fully saturated rings. The van der Waals surface area contributed by atoms with Gasteiger partial charge in [0.05, 0.1) is 0 Å². The third-order valence-corrected chi connectivity index (χ3v) is 3.75. The number of hydrogen-bond donors (Lipinski definition) is 1. The Balaban J connectivity index is 2.51. The van der Waals surface area contributed by atoms with Gasteiger partial charge < -0.3 is 9.52 Å². The number of aryl methyl sites for hydroxylation is 1. The van der Waals surface area contributed by atoms with Crippen molar-refractivity contribution in [1.29, 1.82) is 0 Å². The summed E-state index contributed by atoms with van der Waals surface area (Å²) in [7, 11) is 0. The van der Waals surface area contributed by atoms with E-state index in [0.717, 1.165) is 41.6 Å². The molecule has 0 spiro atoms. The Morgan fingerprint density at radius 3 is 2.59 bits per heavy atom. The number of benzene rings is 1. The number of likely N-dealkylation sites (N-methyl/N-ethyl adjacent to an activating group) is 1. The van der Waals surface area contributed by atoms with Gasteiger partial charge in [-0.3, -0.25) is 4.90 Å². The number of phenols is 1.